The molecule has 0 spiro atoms. The van der Waals surface area contributed by atoms with E-state index in [1.54, 1.807) is 18.2 Å². The monoisotopic (exact) mass is 549 g/mol. The number of carbonyl (C=O) groups is 1. The van der Waals surface area contributed by atoms with Crippen molar-refractivity contribution < 1.29 is 32.3 Å². The molecule has 3 heterocycles. The van der Waals surface area contributed by atoms with Gasteiger partial charge in [-0.2, -0.15) is 13.2 Å². The van der Waals surface area contributed by atoms with Crippen molar-refractivity contribution in [2.75, 3.05) is 18.0 Å². The van der Waals surface area contributed by atoms with E-state index in [4.69, 9.17) is 9.26 Å². The lowest BCUT2D eigenvalue weighted by atomic mass is 9.76. The van der Waals surface area contributed by atoms with Crippen LogP contribution < -0.4 is 4.90 Å². The van der Waals surface area contributed by atoms with E-state index in [0.717, 1.165) is 71.9 Å². The maximum absolute atomic E-state index is 13.8. The Bertz CT molecular complexity index is 1310. The van der Waals surface area contributed by atoms with Crippen molar-refractivity contribution in [1.82, 2.24) is 10.1 Å². The largest absolute Gasteiger partial charge is 0.478 e. The van der Waals surface area contributed by atoms with Crippen molar-refractivity contribution in [3.8, 4) is 0 Å². The van der Waals surface area contributed by atoms with E-state index in [0.29, 0.717) is 18.5 Å². The van der Waals surface area contributed by atoms with Crippen LogP contribution in [0.4, 0.5) is 18.3 Å². The summed E-state index contributed by atoms with van der Waals surface area (Å²) in [7, 11) is 0. The molecule has 2 unspecified atom stereocenters. The fraction of sp³-hybridized carbons (Fsp3) is 0.593. The highest BCUT2D eigenvalue weighted by atomic mass is 32.1. The van der Waals surface area contributed by atoms with Gasteiger partial charge in [-0.3, -0.25) is 0 Å². The quantitative estimate of drug-likeness (QED) is 0.344. The van der Waals surface area contributed by atoms with E-state index in [1.807, 2.05) is 0 Å². The Morgan fingerprint density at radius 2 is 1.89 bits per heavy atom. The number of fused-ring (bicyclic) bond motifs is 1. The Kier molecular flexibility index (Phi) is 6.84. The normalized spacial score (nSPS) is 23.3. The third-order valence-electron chi connectivity index (χ3n) is 8.13. The Hall–Kier alpha value is -2.66. The summed E-state index contributed by atoms with van der Waals surface area (Å²) in [6.07, 6.45) is 1.20. The summed E-state index contributed by atoms with van der Waals surface area (Å²) >= 11 is 1.48. The third kappa shape index (κ3) is 5.14. The summed E-state index contributed by atoms with van der Waals surface area (Å²) in [5, 5.41) is 14.3. The van der Waals surface area contributed by atoms with Gasteiger partial charge in [0.05, 0.1) is 40.1 Å². The number of alkyl halides is 3. The number of hydrogen-bond acceptors (Lipinski definition) is 7. The minimum atomic E-state index is -4.25. The number of carboxylic acids is 1. The number of nitrogens with zero attached hydrogens (tertiary/aromatic N) is 3. The molecule has 0 radical (unpaired) electrons. The van der Waals surface area contributed by atoms with Crippen LogP contribution in [0.15, 0.2) is 22.7 Å². The van der Waals surface area contributed by atoms with Gasteiger partial charge in [0.25, 0.3) is 0 Å². The molecule has 2 saturated carbocycles. The second-order valence-corrected chi connectivity index (χ2v) is 11.7. The first-order chi connectivity index (χ1) is 18.3. The number of halogens is 3. The zero-order chi connectivity index (χ0) is 26.4. The van der Waals surface area contributed by atoms with Gasteiger partial charge in [-0.1, -0.05) is 29.3 Å². The summed E-state index contributed by atoms with van der Waals surface area (Å²) in [6.45, 7) is 1.71. The van der Waals surface area contributed by atoms with Gasteiger partial charge >= 0.3 is 12.1 Å². The Labute approximate surface area is 222 Å². The average Bonchev–Trinajstić information content (AvgIpc) is 3.51. The fourth-order valence-electron chi connectivity index (χ4n) is 5.88. The van der Waals surface area contributed by atoms with Crippen molar-refractivity contribution in [1.29, 1.82) is 0 Å². The van der Waals surface area contributed by atoms with Crippen molar-refractivity contribution in [2.24, 2.45) is 5.92 Å². The molecule has 2 aromatic heterocycles. The van der Waals surface area contributed by atoms with Crippen LogP contribution in [0.3, 0.4) is 0 Å². The van der Waals surface area contributed by atoms with Gasteiger partial charge in [0.2, 0.25) is 0 Å². The SMILES string of the molecule is O=C(O)c1ccc2nc(N3CCC(OCc4c(C5CCCCC5C(F)(F)F)noc4C4CC4)CC3)sc2c1. The number of anilines is 1. The number of aromatic nitrogens is 2. The van der Waals surface area contributed by atoms with Crippen LogP contribution in [0, 0.1) is 5.92 Å². The van der Waals surface area contributed by atoms with Gasteiger partial charge in [-0.05, 0) is 56.7 Å². The first-order valence-corrected chi connectivity index (χ1v) is 14.1. The summed E-state index contributed by atoms with van der Waals surface area (Å²) in [5.41, 5.74) is 2.23. The predicted octanol–water partition coefficient (Wildman–Crippen LogP) is 6.88. The first-order valence-electron chi connectivity index (χ1n) is 13.3. The summed E-state index contributed by atoms with van der Waals surface area (Å²) in [5.74, 6) is -2.04. The van der Waals surface area contributed by atoms with Crippen LogP contribution in [0.5, 0.6) is 0 Å². The lowest BCUT2D eigenvalue weighted by molar-refractivity contribution is -0.187. The molecular formula is C27H30F3N3O4S. The van der Waals surface area contributed by atoms with Gasteiger partial charge in [-0.25, -0.2) is 9.78 Å². The van der Waals surface area contributed by atoms with Crippen molar-refractivity contribution in [3.05, 3.63) is 40.8 Å². The lowest BCUT2D eigenvalue weighted by Gasteiger charge is -2.33. The molecule has 0 bridgehead atoms. The molecule has 1 N–H and O–H groups in total. The van der Waals surface area contributed by atoms with Gasteiger partial charge < -0.3 is 19.3 Å². The van der Waals surface area contributed by atoms with Crippen LogP contribution >= 0.6 is 11.3 Å². The summed E-state index contributed by atoms with van der Waals surface area (Å²) in [4.78, 5) is 18.1. The zero-order valence-electron chi connectivity index (χ0n) is 20.9. The van der Waals surface area contributed by atoms with Crippen molar-refractivity contribution in [2.45, 2.75) is 82.1 Å². The number of thiazole rings is 1. The maximum Gasteiger partial charge on any atom is 0.392 e. The molecule has 204 valence electrons. The van der Waals surface area contributed by atoms with Gasteiger partial charge in [-0.15, -0.1) is 0 Å². The molecule has 38 heavy (non-hydrogen) atoms. The predicted molar refractivity (Wildman–Crippen MR) is 136 cm³/mol. The van der Waals surface area contributed by atoms with E-state index in [1.165, 1.54) is 11.3 Å². The fourth-order valence-corrected chi connectivity index (χ4v) is 6.94. The molecule has 1 aromatic carbocycles. The summed E-state index contributed by atoms with van der Waals surface area (Å²) in [6, 6.07) is 4.95. The minimum absolute atomic E-state index is 0.0150. The second-order valence-electron chi connectivity index (χ2n) is 10.7. The molecule has 1 aliphatic heterocycles. The number of piperidine rings is 1. The molecule has 3 aromatic rings. The zero-order valence-corrected chi connectivity index (χ0v) is 21.7. The van der Waals surface area contributed by atoms with Crippen molar-refractivity contribution in [3.63, 3.8) is 0 Å². The highest BCUT2D eigenvalue weighted by molar-refractivity contribution is 7.22. The lowest BCUT2D eigenvalue weighted by Crippen LogP contribution is -2.37. The van der Waals surface area contributed by atoms with Crippen LogP contribution in [0.25, 0.3) is 10.2 Å². The molecule has 0 amide bonds. The van der Waals surface area contributed by atoms with E-state index in [2.05, 4.69) is 15.0 Å². The smallest absolute Gasteiger partial charge is 0.392 e. The average molecular weight is 550 g/mol. The van der Waals surface area contributed by atoms with Crippen LogP contribution in [-0.2, 0) is 11.3 Å². The molecule has 7 nitrogen and oxygen atoms in total. The standard InChI is InChI=1S/C27H30F3N3O4S/c28-27(29,30)20-4-2-1-3-18(20)23-19(24(37-32-23)15-5-6-15)14-36-17-9-11-33(12-10-17)26-31-21-8-7-16(25(34)35)13-22(21)38-26/h7-8,13,15,17-18,20H,1-6,9-12,14H2,(H,34,35). The number of rotatable bonds is 7. The molecule has 3 aliphatic rings. The van der Waals surface area contributed by atoms with Gasteiger partial charge in [0.1, 0.15) is 5.76 Å². The molecule has 3 fully saturated rings. The Balaban J connectivity index is 1.12. The van der Waals surface area contributed by atoms with Gasteiger partial charge in [0.15, 0.2) is 5.13 Å². The molecule has 6 rings (SSSR count). The molecule has 2 atom stereocenters. The molecule has 11 heteroatoms. The topological polar surface area (TPSA) is 88.7 Å². The number of hydrogen-bond donors (Lipinski definition) is 1. The number of ether oxygens (including phenoxy) is 1. The minimum Gasteiger partial charge on any atom is -0.478 e. The second kappa shape index (κ2) is 10.1. The maximum atomic E-state index is 13.8. The Morgan fingerprint density at radius 3 is 2.61 bits per heavy atom. The van der Waals surface area contributed by atoms with Crippen LogP contribution in [0.1, 0.15) is 90.6 Å². The highest BCUT2D eigenvalue weighted by Gasteiger charge is 2.48. The van der Waals surface area contributed by atoms with Crippen LogP contribution in [0.2, 0.25) is 0 Å². The molecular weight excluding hydrogens is 519 g/mol. The van der Waals surface area contributed by atoms with Gasteiger partial charge in [0, 0.05) is 30.5 Å². The van der Waals surface area contributed by atoms with E-state index in [-0.39, 0.29) is 30.6 Å². The Morgan fingerprint density at radius 1 is 1.13 bits per heavy atom. The third-order valence-corrected chi connectivity index (χ3v) is 9.21. The summed E-state index contributed by atoms with van der Waals surface area (Å²) < 4.78 is 54.3. The highest BCUT2D eigenvalue weighted by Crippen LogP contribution is 2.50. The molecule has 1 saturated heterocycles. The number of benzene rings is 1. The van der Waals surface area contributed by atoms with Crippen LogP contribution in [-0.4, -0.2) is 46.6 Å². The first kappa shape index (κ1) is 25.6. The van der Waals surface area contributed by atoms with Crippen molar-refractivity contribution >= 4 is 32.7 Å². The number of carboxylic acid groups (broad SMARTS) is 1. The van der Waals surface area contributed by atoms with E-state index < -0.39 is 24.0 Å². The van der Waals surface area contributed by atoms with E-state index in [9.17, 15) is 23.1 Å². The van der Waals surface area contributed by atoms with E-state index >= 15 is 0 Å². The molecule has 2 aliphatic carbocycles. The number of aromatic carboxylic acids is 1.